The number of hydrogen-bond donors (Lipinski definition) is 0. The van der Waals surface area contributed by atoms with Gasteiger partial charge in [0.05, 0.1) is 9.85 Å². The van der Waals surface area contributed by atoms with Crippen molar-refractivity contribution < 1.29 is 37.7 Å². The topological polar surface area (TPSA) is 139 Å². The summed E-state index contributed by atoms with van der Waals surface area (Å²) in [7, 11) is 0. The molecule has 2 rings (SSSR count). The molecule has 164 valence electrons. The third-order valence-corrected chi connectivity index (χ3v) is 3.95. The van der Waals surface area contributed by atoms with Crippen molar-refractivity contribution in [2.24, 2.45) is 0 Å². The summed E-state index contributed by atoms with van der Waals surface area (Å²) in [5, 5.41) is 21.8. The maximum atomic E-state index is 13.2. The number of unbranched alkanes of at least 4 members (excludes halogenated alkanes) is 2. The first-order valence-corrected chi connectivity index (χ1v) is 8.96. The van der Waals surface area contributed by atoms with Crippen molar-refractivity contribution >= 4 is 23.3 Å². The lowest BCUT2D eigenvalue weighted by Gasteiger charge is -2.06. The van der Waals surface area contributed by atoms with Crippen LogP contribution in [0.4, 0.5) is 20.2 Å². The molecule has 0 heterocycles. The van der Waals surface area contributed by atoms with Gasteiger partial charge in [-0.1, -0.05) is 6.42 Å². The maximum absolute atomic E-state index is 13.2. The average Bonchev–Trinajstić information content (AvgIpc) is 2.67. The molecule has 0 saturated heterocycles. The molecule has 0 bridgehead atoms. The minimum Gasteiger partial charge on any atom is -0.419 e. The van der Waals surface area contributed by atoms with Crippen molar-refractivity contribution in [3.05, 3.63) is 68.3 Å². The van der Waals surface area contributed by atoms with Gasteiger partial charge >= 0.3 is 23.3 Å². The zero-order valence-electron chi connectivity index (χ0n) is 15.9. The van der Waals surface area contributed by atoms with Crippen molar-refractivity contribution in [2.75, 3.05) is 0 Å². The molecule has 0 fully saturated rings. The van der Waals surface area contributed by atoms with E-state index in [4.69, 9.17) is 9.47 Å². The van der Waals surface area contributed by atoms with Gasteiger partial charge in [-0.2, -0.15) is 0 Å². The smallest absolute Gasteiger partial charge is 0.311 e. The number of nitrogens with zero attached hydrogens (tertiary/aromatic N) is 2. The number of nitro benzene ring substituents is 2. The van der Waals surface area contributed by atoms with Gasteiger partial charge in [-0.15, -0.1) is 0 Å². The van der Waals surface area contributed by atoms with E-state index in [-0.39, 0.29) is 25.7 Å². The van der Waals surface area contributed by atoms with E-state index >= 15 is 0 Å². The van der Waals surface area contributed by atoms with Crippen LogP contribution in [0.5, 0.6) is 11.5 Å². The van der Waals surface area contributed by atoms with Gasteiger partial charge in [-0.05, 0) is 25.0 Å². The normalized spacial score (nSPS) is 10.4. The van der Waals surface area contributed by atoms with E-state index in [0.717, 1.165) is 36.4 Å². The number of nitro groups is 2. The SMILES string of the molecule is O=C(CCCCCC(=O)Oc1cc(F)ccc1[N+](=O)[O-])Oc1cc(F)ccc1[N+](=O)[O-]. The lowest BCUT2D eigenvalue weighted by Crippen LogP contribution is -2.10. The molecule has 31 heavy (non-hydrogen) atoms. The Labute approximate surface area is 173 Å². The van der Waals surface area contributed by atoms with Crippen LogP contribution < -0.4 is 9.47 Å². The number of benzene rings is 2. The average molecular weight is 438 g/mol. The van der Waals surface area contributed by atoms with Gasteiger partial charge in [0, 0.05) is 37.1 Å². The van der Waals surface area contributed by atoms with Crippen molar-refractivity contribution in [1.29, 1.82) is 0 Å². The highest BCUT2D eigenvalue weighted by Gasteiger charge is 2.20. The van der Waals surface area contributed by atoms with Crippen molar-refractivity contribution in [3.63, 3.8) is 0 Å². The molecule has 0 saturated carbocycles. The molecule has 0 aromatic heterocycles. The minimum absolute atomic E-state index is 0.141. The number of carbonyl (C=O) groups is 2. The molecular weight excluding hydrogens is 422 g/mol. The molecule has 0 atom stereocenters. The lowest BCUT2D eigenvalue weighted by atomic mass is 10.1. The molecular formula is C19H16F2N2O8. The van der Waals surface area contributed by atoms with Gasteiger partial charge in [0.2, 0.25) is 11.5 Å². The third kappa shape index (κ3) is 7.10. The Balaban J connectivity index is 1.76. The Kier molecular flexibility index (Phi) is 8.06. The third-order valence-electron chi connectivity index (χ3n) is 3.95. The van der Waals surface area contributed by atoms with Gasteiger partial charge in [0.25, 0.3) is 0 Å². The first kappa shape index (κ1) is 23.3. The van der Waals surface area contributed by atoms with E-state index in [1.165, 1.54) is 0 Å². The number of halogens is 2. The second kappa shape index (κ2) is 10.7. The van der Waals surface area contributed by atoms with E-state index in [2.05, 4.69) is 0 Å². The van der Waals surface area contributed by atoms with Crippen LogP contribution in [0.1, 0.15) is 32.1 Å². The highest BCUT2D eigenvalue weighted by atomic mass is 19.1. The zero-order chi connectivity index (χ0) is 23.0. The summed E-state index contributed by atoms with van der Waals surface area (Å²) in [5.41, 5.74) is -1.10. The molecule has 2 aromatic carbocycles. The van der Waals surface area contributed by atoms with Crippen LogP contribution in [-0.2, 0) is 9.59 Å². The van der Waals surface area contributed by atoms with Crippen molar-refractivity contribution in [3.8, 4) is 11.5 Å². The van der Waals surface area contributed by atoms with Gasteiger partial charge in [-0.25, -0.2) is 8.78 Å². The van der Waals surface area contributed by atoms with Crippen LogP contribution in [0.3, 0.4) is 0 Å². The van der Waals surface area contributed by atoms with Crippen LogP contribution in [-0.4, -0.2) is 21.8 Å². The Hall–Kier alpha value is -3.96. The second-order valence-electron chi connectivity index (χ2n) is 6.25. The number of carbonyl (C=O) groups excluding carboxylic acids is 2. The summed E-state index contributed by atoms with van der Waals surface area (Å²) in [4.78, 5) is 43.8. The molecule has 0 radical (unpaired) electrons. The minimum atomic E-state index is -0.813. The fourth-order valence-electron chi connectivity index (χ4n) is 2.50. The van der Waals surface area contributed by atoms with Crippen molar-refractivity contribution in [2.45, 2.75) is 32.1 Å². The second-order valence-corrected chi connectivity index (χ2v) is 6.25. The molecule has 2 aromatic rings. The monoisotopic (exact) mass is 438 g/mol. The predicted molar refractivity (Wildman–Crippen MR) is 100 cm³/mol. The van der Waals surface area contributed by atoms with Gasteiger partial charge < -0.3 is 9.47 Å². The number of rotatable bonds is 10. The molecule has 0 N–H and O–H groups in total. The summed E-state index contributed by atoms with van der Waals surface area (Å²) >= 11 is 0. The molecule has 12 heteroatoms. The zero-order valence-corrected chi connectivity index (χ0v) is 15.9. The Bertz CT molecular complexity index is 933. The van der Waals surface area contributed by atoms with Crippen LogP contribution in [0.25, 0.3) is 0 Å². The van der Waals surface area contributed by atoms with E-state index in [9.17, 15) is 38.6 Å². The Morgan fingerprint density at radius 1 is 0.742 bits per heavy atom. The summed E-state index contributed by atoms with van der Waals surface area (Å²) in [6.07, 6.45) is 0.599. The summed E-state index contributed by atoms with van der Waals surface area (Å²) in [5.74, 6) is -4.24. The van der Waals surface area contributed by atoms with Crippen LogP contribution in [0.15, 0.2) is 36.4 Å². The first-order valence-electron chi connectivity index (χ1n) is 8.96. The van der Waals surface area contributed by atoms with Gasteiger partial charge in [-0.3, -0.25) is 29.8 Å². The van der Waals surface area contributed by atoms with Gasteiger partial charge in [0.15, 0.2) is 0 Å². The van der Waals surface area contributed by atoms with Gasteiger partial charge in [0.1, 0.15) is 11.6 Å². The molecule has 0 amide bonds. The summed E-state index contributed by atoms with van der Waals surface area (Å²) in [6.45, 7) is 0. The maximum Gasteiger partial charge on any atom is 0.311 e. The fourth-order valence-corrected chi connectivity index (χ4v) is 2.50. The number of hydrogen-bond acceptors (Lipinski definition) is 8. The molecule has 0 aliphatic carbocycles. The highest BCUT2D eigenvalue weighted by Crippen LogP contribution is 2.29. The molecule has 0 spiro atoms. The van der Waals surface area contributed by atoms with Crippen molar-refractivity contribution in [1.82, 2.24) is 0 Å². The predicted octanol–water partition coefficient (Wildman–Crippen LogP) is 4.24. The van der Waals surface area contributed by atoms with E-state index in [1.807, 2.05) is 0 Å². The molecule has 0 aliphatic heterocycles. The Morgan fingerprint density at radius 3 is 1.48 bits per heavy atom. The molecule has 0 aliphatic rings. The Morgan fingerprint density at radius 2 is 1.13 bits per heavy atom. The van der Waals surface area contributed by atoms with Crippen LogP contribution in [0, 0.1) is 31.9 Å². The highest BCUT2D eigenvalue weighted by molar-refractivity contribution is 5.74. The lowest BCUT2D eigenvalue weighted by molar-refractivity contribution is -0.385. The van der Waals surface area contributed by atoms with E-state index in [0.29, 0.717) is 6.42 Å². The summed E-state index contributed by atoms with van der Waals surface area (Å²) < 4.78 is 36.1. The molecule has 10 nitrogen and oxygen atoms in total. The number of esters is 2. The van der Waals surface area contributed by atoms with Crippen LogP contribution >= 0.6 is 0 Å². The van der Waals surface area contributed by atoms with E-state index < -0.39 is 56.3 Å². The standard InChI is InChI=1S/C19H16F2N2O8/c20-12-6-8-14(22(26)27)16(10-12)30-18(24)4-2-1-3-5-19(25)31-17-11-13(21)7-9-15(17)23(28)29/h6-11H,1-5H2. The summed E-state index contributed by atoms with van der Waals surface area (Å²) in [6, 6.07) is 4.97. The fraction of sp³-hybridized carbons (Fsp3) is 0.263. The molecule has 0 unspecified atom stereocenters. The first-order chi connectivity index (χ1) is 14.7. The van der Waals surface area contributed by atoms with E-state index in [1.54, 1.807) is 0 Å². The number of ether oxygens (including phenoxy) is 2. The van der Waals surface area contributed by atoms with Crippen LogP contribution in [0.2, 0.25) is 0 Å². The quantitative estimate of drug-likeness (QED) is 0.176. The largest absolute Gasteiger partial charge is 0.419 e.